The number of hydrogen-bond acceptors (Lipinski definition) is 3. The smallest absolute Gasteiger partial charge is 0.254 e. The molecule has 1 saturated heterocycles. The zero-order valence-corrected chi connectivity index (χ0v) is 19.8. The van der Waals surface area contributed by atoms with Gasteiger partial charge in [-0.2, -0.15) is 0 Å². The highest BCUT2D eigenvalue weighted by atomic mass is 16.2. The van der Waals surface area contributed by atoms with Crippen LogP contribution in [0.2, 0.25) is 0 Å². The Labute approximate surface area is 192 Å². The maximum absolute atomic E-state index is 12.5. The molecular formula is C27H37N3O2. The van der Waals surface area contributed by atoms with Crippen molar-refractivity contribution in [3.63, 3.8) is 0 Å². The SMILES string of the molecule is Cc1ccc(C2(CN3CCC(n4cc(C(=O)N(C)C)ccc4=O)CC3)CCCCC2)cc1. The van der Waals surface area contributed by atoms with E-state index in [2.05, 4.69) is 36.1 Å². The summed E-state index contributed by atoms with van der Waals surface area (Å²) in [4.78, 5) is 29.1. The molecule has 2 aromatic rings. The second-order valence-electron chi connectivity index (χ2n) is 10.1. The number of aryl methyl sites for hydroxylation is 1. The van der Waals surface area contributed by atoms with E-state index in [-0.39, 0.29) is 22.9 Å². The first-order valence-electron chi connectivity index (χ1n) is 12.1. The zero-order valence-electron chi connectivity index (χ0n) is 19.8. The van der Waals surface area contributed by atoms with Gasteiger partial charge in [0, 0.05) is 57.4 Å². The van der Waals surface area contributed by atoms with Gasteiger partial charge in [-0.25, -0.2) is 0 Å². The lowest BCUT2D eigenvalue weighted by Crippen LogP contribution is -2.46. The Morgan fingerprint density at radius 1 is 1.00 bits per heavy atom. The fourth-order valence-electron chi connectivity index (χ4n) is 5.63. The summed E-state index contributed by atoms with van der Waals surface area (Å²) >= 11 is 0. The lowest BCUT2D eigenvalue weighted by atomic mass is 9.69. The van der Waals surface area contributed by atoms with Crippen LogP contribution in [-0.4, -0.2) is 54.0 Å². The lowest BCUT2D eigenvalue weighted by Gasteiger charge is -2.44. The highest BCUT2D eigenvalue weighted by Crippen LogP contribution is 2.41. The largest absolute Gasteiger partial charge is 0.345 e. The predicted octanol–water partition coefficient (Wildman–Crippen LogP) is 4.40. The summed E-state index contributed by atoms with van der Waals surface area (Å²) in [6.45, 7) is 5.26. The van der Waals surface area contributed by atoms with Gasteiger partial charge in [-0.15, -0.1) is 0 Å². The molecule has 2 aliphatic rings. The van der Waals surface area contributed by atoms with E-state index in [1.165, 1.54) is 49.3 Å². The number of likely N-dealkylation sites (tertiary alicyclic amines) is 1. The quantitative estimate of drug-likeness (QED) is 0.699. The second-order valence-corrected chi connectivity index (χ2v) is 10.1. The van der Waals surface area contributed by atoms with Gasteiger partial charge < -0.3 is 14.4 Å². The number of pyridine rings is 1. The monoisotopic (exact) mass is 435 g/mol. The zero-order chi connectivity index (χ0) is 22.7. The van der Waals surface area contributed by atoms with Crippen molar-refractivity contribution in [3.05, 3.63) is 69.6 Å². The molecule has 0 atom stereocenters. The molecule has 1 aliphatic heterocycles. The van der Waals surface area contributed by atoms with E-state index in [4.69, 9.17) is 0 Å². The highest BCUT2D eigenvalue weighted by Gasteiger charge is 2.36. The van der Waals surface area contributed by atoms with Crippen LogP contribution in [0.15, 0.2) is 47.4 Å². The van der Waals surface area contributed by atoms with Gasteiger partial charge in [-0.05, 0) is 44.2 Å². The average molecular weight is 436 g/mol. The topological polar surface area (TPSA) is 45.6 Å². The first-order chi connectivity index (χ1) is 15.4. The maximum atomic E-state index is 12.5. The number of carbonyl (C=O) groups excluding carboxylic acids is 1. The number of benzene rings is 1. The van der Waals surface area contributed by atoms with Crippen molar-refractivity contribution >= 4 is 5.91 Å². The molecule has 1 aromatic heterocycles. The van der Waals surface area contributed by atoms with Crippen molar-refractivity contribution in [1.82, 2.24) is 14.4 Å². The van der Waals surface area contributed by atoms with Gasteiger partial charge in [0.15, 0.2) is 0 Å². The maximum Gasteiger partial charge on any atom is 0.254 e. The normalized spacial score (nSPS) is 19.6. The molecule has 0 unspecified atom stereocenters. The van der Waals surface area contributed by atoms with Gasteiger partial charge in [-0.3, -0.25) is 9.59 Å². The van der Waals surface area contributed by atoms with E-state index >= 15 is 0 Å². The van der Waals surface area contributed by atoms with Crippen LogP contribution in [0.3, 0.4) is 0 Å². The van der Waals surface area contributed by atoms with E-state index in [0.717, 1.165) is 32.5 Å². The van der Waals surface area contributed by atoms with Crippen LogP contribution in [0.1, 0.15) is 72.5 Å². The summed E-state index contributed by atoms with van der Waals surface area (Å²) in [5.74, 6) is -0.0616. The molecule has 2 heterocycles. The second kappa shape index (κ2) is 9.62. The summed E-state index contributed by atoms with van der Waals surface area (Å²) in [6.07, 6.45) is 10.2. The van der Waals surface area contributed by atoms with Gasteiger partial charge in [0.2, 0.25) is 0 Å². The summed E-state index contributed by atoms with van der Waals surface area (Å²) in [5.41, 5.74) is 3.64. The number of hydrogen-bond donors (Lipinski definition) is 0. The highest BCUT2D eigenvalue weighted by molar-refractivity contribution is 5.93. The molecule has 0 spiro atoms. The Bertz CT molecular complexity index is 979. The lowest BCUT2D eigenvalue weighted by molar-refractivity contribution is 0.0825. The summed E-state index contributed by atoms with van der Waals surface area (Å²) in [7, 11) is 3.48. The van der Waals surface area contributed by atoms with Gasteiger partial charge in [0.25, 0.3) is 11.5 Å². The molecule has 1 saturated carbocycles. The van der Waals surface area contributed by atoms with E-state index < -0.39 is 0 Å². The number of amides is 1. The summed E-state index contributed by atoms with van der Waals surface area (Å²) in [5, 5.41) is 0. The molecule has 2 fully saturated rings. The summed E-state index contributed by atoms with van der Waals surface area (Å²) < 4.78 is 1.80. The Morgan fingerprint density at radius 2 is 1.66 bits per heavy atom. The van der Waals surface area contributed by atoms with Gasteiger partial charge in [0.05, 0.1) is 5.56 Å². The van der Waals surface area contributed by atoms with Crippen molar-refractivity contribution < 1.29 is 4.79 Å². The molecule has 4 rings (SSSR count). The van der Waals surface area contributed by atoms with Crippen LogP contribution in [-0.2, 0) is 5.41 Å². The van der Waals surface area contributed by atoms with Gasteiger partial charge in [0.1, 0.15) is 0 Å². The molecule has 0 radical (unpaired) electrons. The molecule has 5 heteroatoms. The Balaban J connectivity index is 1.46. The molecule has 172 valence electrons. The van der Waals surface area contributed by atoms with Crippen molar-refractivity contribution in [2.45, 2.75) is 63.3 Å². The molecule has 1 aromatic carbocycles. The number of piperidine rings is 1. The molecule has 5 nitrogen and oxygen atoms in total. The third kappa shape index (κ3) is 4.83. The van der Waals surface area contributed by atoms with E-state index in [1.807, 2.05) is 0 Å². The minimum absolute atomic E-state index is 0.0119. The summed E-state index contributed by atoms with van der Waals surface area (Å²) in [6, 6.07) is 12.6. The first kappa shape index (κ1) is 22.8. The molecule has 32 heavy (non-hydrogen) atoms. The molecule has 0 N–H and O–H groups in total. The Kier molecular flexibility index (Phi) is 6.85. The van der Waals surface area contributed by atoms with Gasteiger partial charge >= 0.3 is 0 Å². The van der Waals surface area contributed by atoms with Crippen molar-refractivity contribution in [2.75, 3.05) is 33.7 Å². The average Bonchev–Trinajstić information content (AvgIpc) is 2.80. The third-order valence-corrected chi connectivity index (χ3v) is 7.54. The van der Waals surface area contributed by atoms with Crippen LogP contribution in [0, 0.1) is 6.92 Å². The fourth-order valence-corrected chi connectivity index (χ4v) is 5.63. The van der Waals surface area contributed by atoms with Gasteiger partial charge in [-0.1, -0.05) is 49.1 Å². The Hall–Kier alpha value is -2.40. The van der Waals surface area contributed by atoms with E-state index in [9.17, 15) is 9.59 Å². The van der Waals surface area contributed by atoms with E-state index in [1.54, 1.807) is 35.8 Å². The minimum Gasteiger partial charge on any atom is -0.345 e. The van der Waals surface area contributed by atoms with Crippen LogP contribution in [0.25, 0.3) is 0 Å². The fraction of sp³-hybridized carbons (Fsp3) is 0.556. The first-order valence-corrected chi connectivity index (χ1v) is 12.1. The van der Waals surface area contributed by atoms with Crippen LogP contribution < -0.4 is 5.56 Å². The third-order valence-electron chi connectivity index (χ3n) is 7.54. The predicted molar refractivity (Wildman–Crippen MR) is 129 cm³/mol. The standard InChI is InChI=1S/C27H37N3O2/c1-21-7-10-23(11-8-21)27(15-5-4-6-16-27)20-29-17-13-24(14-18-29)30-19-22(9-12-25(30)31)26(32)28(2)3/h7-12,19,24H,4-6,13-18,20H2,1-3H3. The minimum atomic E-state index is -0.0616. The Morgan fingerprint density at radius 3 is 2.28 bits per heavy atom. The van der Waals surface area contributed by atoms with Crippen LogP contribution >= 0.6 is 0 Å². The van der Waals surface area contributed by atoms with Crippen molar-refractivity contribution in [1.29, 1.82) is 0 Å². The van der Waals surface area contributed by atoms with Crippen LogP contribution in [0.5, 0.6) is 0 Å². The molecular weight excluding hydrogens is 398 g/mol. The number of aromatic nitrogens is 1. The van der Waals surface area contributed by atoms with E-state index in [0.29, 0.717) is 5.56 Å². The number of carbonyl (C=O) groups is 1. The molecule has 0 bridgehead atoms. The van der Waals surface area contributed by atoms with Crippen molar-refractivity contribution in [3.8, 4) is 0 Å². The van der Waals surface area contributed by atoms with Crippen LogP contribution in [0.4, 0.5) is 0 Å². The number of rotatable bonds is 5. The van der Waals surface area contributed by atoms with Crippen molar-refractivity contribution in [2.24, 2.45) is 0 Å². The molecule has 1 aliphatic carbocycles. The number of nitrogens with zero attached hydrogens (tertiary/aromatic N) is 3. The molecule has 1 amide bonds.